The highest BCUT2D eigenvalue weighted by Crippen LogP contribution is 2.34. The predicted octanol–water partition coefficient (Wildman–Crippen LogP) is 4.38. The Hall–Kier alpha value is -1.58. The first-order valence-electron chi connectivity index (χ1n) is 6.70. The van der Waals surface area contributed by atoms with Crippen molar-refractivity contribution in [3.63, 3.8) is 0 Å². The van der Waals surface area contributed by atoms with Gasteiger partial charge >= 0.3 is 0 Å². The van der Waals surface area contributed by atoms with Crippen LogP contribution in [0.4, 0.5) is 4.39 Å². The van der Waals surface area contributed by atoms with Crippen molar-refractivity contribution in [2.45, 2.75) is 26.4 Å². The molecule has 0 amide bonds. The molecule has 0 saturated carbocycles. The third-order valence-corrected chi connectivity index (χ3v) is 4.08. The highest BCUT2D eigenvalue weighted by molar-refractivity contribution is 6.31. The molecule has 0 saturated heterocycles. The molecule has 21 heavy (non-hydrogen) atoms. The van der Waals surface area contributed by atoms with Crippen LogP contribution in [0.3, 0.4) is 0 Å². The number of aliphatic hydroxyl groups excluding tert-OH is 1. The molecule has 0 bridgehead atoms. The molecule has 0 aliphatic rings. The van der Waals surface area contributed by atoms with E-state index in [1.165, 1.54) is 6.07 Å². The molecule has 0 spiro atoms. The van der Waals surface area contributed by atoms with Crippen LogP contribution in [-0.4, -0.2) is 12.2 Å². The van der Waals surface area contributed by atoms with Crippen LogP contribution in [-0.2, 0) is 6.42 Å². The number of halogens is 2. The quantitative estimate of drug-likeness (QED) is 0.908. The lowest BCUT2D eigenvalue weighted by atomic mass is 9.96. The fraction of sp³-hybridized carbons (Fsp3) is 0.294. The Kier molecular flexibility index (Phi) is 4.86. The summed E-state index contributed by atoms with van der Waals surface area (Å²) in [5.41, 5.74) is 2.99. The lowest BCUT2D eigenvalue weighted by molar-refractivity contribution is 0.172. The Bertz CT molecular complexity index is 635. The van der Waals surface area contributed by atoms with Gasteiger partial charge in [0.15, 0.2) is 0 Å². The fourth-order valence-corrected chi connectivity index (χ4v) is 2.62. The topological polar surface area (TPSA) is 29.5 Å². The van der Waals surface area contributed by atoms with E-state index < -0.39 is 11.9 Å². The minimum Gasteiger partial charge on any atom is -0.496 e. The standard InChI is InChI=1S/C17H18ClFO2/c1-10-7-8-12(17(21-3)11(10)2)16(20)9-13-14(18)5-4-6-15(13)19/h4-8,16,20H,9H2,1-3H3. The zero-order chi connectivity index (χ0) is 15.6. The van der Waals surface area contributed by atoms with Crippen LogP contribution in [0.5, 0.6) is 5.75 Å². The molecule has 0 aliphatic carbocycles. The van der Waals surface area contributed by atoms with Crippen LogP contribution < -0.4 is 4.74 Å². The molecule has 2 aromatic rings. The van der Waals surface area contributed by atoms with E-state index in [4.69, 9.17) is 16.3 Å². The smallest absolute Gasteiger partial charge is 0.127 e. The summed E-state index contributed by atoms with van der Waals surface area (Å²) >= 11 is 6.01. The normalized spacial score (nSPS) is 12.3. The van der Waals surface area contributed by atoms with E-state index in [0.29, 0.717) is 21.9 Å². The molecule has 0 aliphatic heterocycles. The van der Waals surface area contributed by atoms with Crippen LogP contribution in [0.25, 0.3) is 0 Å². The maximum Gasteiger partial charge on any atom is 0.127 e. The number of aryl methyl sites for hydroxylation is 1. The third-order valence-electron chi connectivity index (χ3n) is 3.73. The molecular weight excluding hydrogens is 291 g/mol. The summed E-state index contributed by atoms with van der Waals surface area (Å²) in [4.78, 5) is 0. The van der Waals surface area contributed by atoms with Gasteiger partial charge in [-0.2, -0.15) is 0 Å². The summed E-state index contributed by atoms with van der Waals surface area (Å²) in [7, 11) is 1.56. The zero-order valence-corrected chi connectivity index (χ0v) is 13.0. The number of methoxy groups -OCH3 is 1. The second kappa shape index (κ2) is 6.46. The van der Waals surface area contributed by atoms with Crippen molar-refractivity contribution in [2.75, 3.05) is 7.11 Å². The minimum atomic E-state index is -0.881. The Morgan fingerprint density at radius 1 is 1.24 bits per heavy atom. The van der Waals surface area contributed by atoms with Gasteiger partial charge in [-0.3, -0.25) is 0 Å². The van der Waals surface area contributed by atoms with Gasteiger partial charge < -0.3 is 9.84 Å². The van der Waals surface area contributed by atoms with Crippen molar-refractivity contribution < 1.29 is 14.2 Å². The van der Waals surface area contributed by atoms with E-state index in [2.05, 4.69) is 0 Å². The largest absolute Gasteiger partial charge is 0.496 e. The summed E-state index contributed by atoms with van der Waals surface area (Å²) in [6, 6.07) is 8.22. The van der Waals surface area contributed by atoms with Crippen LogP contribution >= 0.6 is 11.6 Å². The van der Waals surface area contributed by atoms with E-state index in [-0.39, 0.29) is 6.42 Å². The molecule has 0 radical (unpaired) electrons. The summed E-state index contributed by atoms with van der Waals surface area (Å²) in [5.74, 6) is 0.222. The number of ether oxygens (including phenoxy) is 1. The number of benzene rings is 2. The molecule has 2 nitrogen and oxygen atoms in total. The van der Waals surface area contributed by atoms with Crippen LogP contribution in [0, 0.1) is 19.7 Å². The lowest BCUT2D eigenvalue weighted by Crippen LogP contribution is -2.07. The molecular formula is C17H18ClFO2. The van der Waals surface area contributed by atoms with Crippen molar-refractivity contribution >= 4 is 11.6 Å². The number of aliphatic hydroxyl groups is 1. The molecule has 1 N–H and O–H groups in total. The average Bonchev–Trinajstić information content (AvgIpc) is 2.45. The average molecular weight is 309 g/mol. The van der Waals surface area contributed by atoms with Gasteiger partial charge in [-0.05, 0) is 37.1 Å². The summed E-state index contributed by atoms with van der Waals surface area (Å²) in [6.45, 7) is 3.90. The molecule has 0 fully saturated rings. The zero-order valence-electron chi connectivity index (χ0n) is 12.3. The van der Waals surface area contributed by atoms with Gasteiger partial charge in [0, 0.05) is 22.6 Å². The van der Waals surface area contributed by atoms with Gasteiger partial charge in [0.1, 0.15) is 11.6 Å². The van der Waals surface area contributed by atoms with E-state index in [9.17, 15) is 9.50 Å². The number of hydrogen-bond donors (Lipinski definition) is 1. The van der Waals surface area contributed by atoms with Crippen LogP contribution in [0.15, 0.2) is 30.3 Å². The first kappa shape index (κ1) is 15.8. The first-order valence-corrected chi connectivity index (χ1v) is 7.08. The van der Waals surface area contributed by atoms with E-state index >= 15 is 0 Å². The highest BCUT2D eigenvalue weighted by atomic mass is 35.5. The minimum absolute atomic E-state index is 0.102. The second-order valence-corrected chi connectivity index (χ2v) is 5.46. The molecule has 1 unspecified atom stereocenters. The van der Waals surface area contributed by atoms with Gasteiger partial charge in [-0.1, -0.05) is 29.8 Å². The fourth-order valence-electron chi connectivity index (χ4n) is 2.38. The van der Waals surface area contributed by atoms with Gasteiger partial charge in [0.25, 0.3) is 0 Å². The molecule has 2 rings (SSSR count). The third kappa shape index (κ3) is 3.20. The second-order valence-electron chi connectivity index (χ2n) is 5.05. The van der Waals surface area contributed by atoms with E-state index in [0.717, 1.165) is 11.1 Å². The van der Waals surface area contributed by atoms with Crippen LogP contribution in [0.1, 0.15) is 28.4 Å². The molecule has 4 heteroatoms. The Balaban J connectivity index is 2.37. The highest BCUT2D eigenvalue weighted by Gasteiger charge is 2.19. The summed E-state index contributed by atoms with van der Waals surface area (Å²) in [5, 5.41) is 10.8. The Labute approximate surface area is 129 Å². The van der Waals surface area contributed by atoms with Crippen molar-refractivity contribution in [1.82, 2.24) is 0 Å². The van der Waals surface area contributed by atoms with Crippen LogP contribution in [0.2, 0.25) is 5.02 Å². The lowest BCUT2D eigenvalue weighted by Gasteiger charge is -2.18. The van der Waals surface area contributed by atoms with Crippen molar-refractivity contribution in [1.29, 1.82) is 0 Å². The van der Waals surface area contributed by atoms with Gasteiger partial charge in [-0.25, -0.2) is 4.39 Å². The van der Waals surface area contributed by atoms with Crippen molar-refractivity contribution in [2.24, 2.45) is 0 Å². The first-order chi connectivity index (χ1) is 9.95. The van der Waals surface area contributed by atoms with Gasteiger partial charge in [0.2, 0.25) is 0 Å². The monoisotopic (exact) mass is 308 g/mol. The molecule has 0 aromatic heterocycles. The molecule has 112 valence electrons. The van der Waals surface area contributed by atoms with E-state index in [1.54, 1.807) is 25.3 Å². The number of hydrogen-bond acceptors (Lipinski definition) is 2. The maximum absolute atomic E-state index is 13.8. The molecule has 0 heterocycles. The Morgan fingerprint density at radius 3 is 2.57 bits per heavy atom. The SMILES string of the molecule is COc1c(C(O)Cc2c(F)cccc2Cl)ccc(C)c1C. The van der Waals surface area contributed by atoms with Gasteiger partial charge in [-0.15, -0.1) is 0 Å². The van der Waals surface area contributed by atoms with Gasteiger partial charge in [0.05, 0.1) is 13.2 Å². The van der Waals surface area contributed by atoms with Crippen molar-refractivity contribution in [3.8, 4) is 5.75 Å². The maximum atomic E-state index is 13.8. The number of rotatable bonds is 4. The summed E-state index contributed by atoms with van der Waals surface area (Å²) in [6.07, 6.45) is -0.779. The molecule has 1 atom stereocenters. The predicted molar refractivity (Wildman–Crippen MR) is 82.5 cm³/mol. The Morgan fingerprint density at radius 2 is 1.95 bits per heavy atom. The molecule has 2 aromatic carbocycles. The van der Waals surface area contributed by atoms with E-state index in [1.807, 2.05) is 19.9 Å². The summed E-state index contributed by atoms with van der Waals surface area (Å²) < 4.78 is 19.2. The van der Waals surface area contributed by atoms with Crippen molar-refractivity contribution in [3.05, 3.63) is 63.4 Å².